The second kappa shape index (κ2) is 9.21. The Morgan fingerprint density at radius 2 is 1.75 bits per heavy atom. The fourth-order valence-electron chi connectivity index (χ4n) is 4.62. The first-order valence-corrected chi connectivity index (χ1v) is 12.4. The third-order valence-electron chi connectivity index (χ3n) is 6.12. The lowest BCUT2D eigenvalue weighted by Gasteiger charge is -2.34. The first-order chi connectivity index (χ1) is 15.3. The quantitative estimate of drug-likeness (QED) is 0.686. The average molecular weight is 459 g/mol. The van der Waals surface area contributed by atoms with Crippen molar-refractivity contribution in [1.82, 2.24) is 9.21 Å². The highest BCUT2D eigenvalue weighted by molar-refractivity contribution is 7.89. The van der Waals surface area contributed by atoms with Crippen molar-refractivity contribution in [2.24, 2.45) is 0 Å². The number of amides is 1. The number of likely N-dealkylation sites (tertiary alicyclic amines) is 1. The van der Waals surface area contributed by atoms with E-state index in [4.69, 9.17) is 9.47 Å². The molecule has 7 nitrogen and oxygen atoms in total. The van der Waals surface area contributed by atoms with Gasteiger partial charge >= 0.3 is 0 Å². The van der Waals surface area contributed by atoms with E-state index >= 15 is 0 Å². The van der Waals surface area contributed by atoms with Crippen molar-refractivity contribution in [2.45, 2.75) is 49.8 Å². The number of morpholine rings is 1. The highest BCUT2D eigenvalue weighted by Crippen LogP contribution is 2.34. The molecule has 2 aliphatic rings. The highest BCUT2D eigenvalue weighted by atomic mass is 32.2. The van der Waals surface area contributed by atoms with E-state index in [1.54, 1.807) is 19.2 Å². The fraction of sp³-hybridized carbons (Fsp3) is 0.458. The van der Waals surface area contributed by atoms with Crippen LogP contribution in [-0.4, -0.2) is 62.5 Å². The van der Waals surface area contributed by atoms with E-state index in [1.807, 2.05) is 43.0 Å². The molecule has 2 heterocycles. The molecule has 3 unspecified atom stereocenters. The van der Waals surface area contributed by atoms with Gasteiger partial charge in [-0.25, -0.2) is 8.42 Å². The van der Waals surface area contributed by atoms with Gasteiger partial charge in [0.05, 0.1) is 30.3 Å². The van der Waals surface area contributed by atoms with Crippen molar-refractivity contribution < 1.29 is 22.7 Å². The van der Waals surface area contributed by atoms with Gasteiger partial charge in [-0.2, -0.15) is 4.31 Å². The minimum atomic E-state index is -3.64. The zero-order valence-corrected chi connectivity index (χ0v) is 19.5. The molecule has 0 bridgehead atoms. The summed E-state index contributed by atoms with van der Waals surface area (Å²) in [6, 6.07) is 14.1. The van der Waals surface area contributed by atoms with Gasteiger partial charge in [0.2, 0.25) is 10.0 Å². The summed E-state index contributed by atoms with van der Waals surface area (Å²) in [5, 5.41) is 0. The van der Waals surface area contributed by atoms with E-state index in [2.05, 4.69) is 0 Å². The maximum atomic E-state index is 13.3. The Hall–Kier alpha value is -2.42. The van der Waals surface area contributed by atoms with Gasteiger partial charge in [0, 0.05) is 25.2 Å². The van der Waals surface area contributed by atoms with Gasteiger partial charge in [-0.1, -0.05) is 12.1 Å². The van der Waals surface area contributed by atoms with Crippen LogP contribution in [0.1, 0.15) is 48.7 Å². The molecule has 8 heteroatoms. The largest absolute Gasteiger partial charge is 0.497 e. The molecule has 172 valence electrons. The molecule has 0 aromatic heterocycles. The van der Waals surface area contributed by atoms with Gasteiger partial charge in [-0.05, 0) is 68.7 Å². The molecule has 4 rings (SSSR count). The normalized spacial score (nSPS) is 24.5. The maximum Gasteiger partial charge on any atom is 0.254 e. The number of ether oxygens (including phenoxy) is 2. The lowest BCUT2D eigenvalue weighted by atomic mass is 10.0. The molecule has 2 aromatic carbocycles. The van der Waals surface area contributed by atoms with Crippen LogP contribution in [-0.2, 0) is 14.8 Å². The molecule has 2 aromatic rings. The predicted molar refractivity (Wildman–Crippen MR) is 121 cm³/mol. The molecular formula is C24H30N2O5S. The van der Waals surface area contributed by atoms with Crippen molar-refractivity contribution in [1.29, 1.82) is 0 Å². The van der Waals surface area contributed by atoms with Crippen molar-refractivity contribution in [3.8, 4) is 5.75 Å². The van der Waals surface area contributed by atoms with Crippen LogP contribution in [0.2, 0.25) is 0 Å². The van der Waals surface area contributed by atoms with E-state index < -0.39 is 10.0 Å². The van der Waals surface area contributed by atoms with Crippen LogP contribution in [0, 0.1) is 0 Å². The molecule has 0 N–H and O–H groups in total. The molecule has 3 atom stereocenters. The third kappa shape index (κ3) is 4.53. The van der Waals surface area contributed by atoms with Crippen molar-refractivity contribution in [3.63, 3.8) is 0 Å². The molecule has 0 radical (unpaired) electrons. The summed E-state index contributed by atoms with van der Waals surface area (Å²) in [7, 11) is -2.01. The molecule has 1 amide bonds. The minimum Gasteiger partial charge on any atom is -0.497 e. The minimum absolute atomic E-state index is 0.0164. The molecule has 2 fully saturated rings. The highest BCUT2D eigenvalue weighted by Gasteiger charge is 2.33. The van der Waals surface area contributed by atoms with Crippen LogP contribution in [0.25, 0.3) is 0 Å². The lowest BCUT2D eigenvalue weighted by Crippen LogP contribution is -2.48. The monoisotopic (exact) mass is 458 g/mol. The Morgan fingerprint density at radius 3 is 2.41 bits per heavy atom. The van der Waals surface area contributed by atoms with Crippen molar-refractivity contribution >= 4 is 15.9 Å². The van der Waals surface area contributed by atoms with Gasteiger partial charge in [0.15, 0.2) is 0 Å². The number of hydrogen-bond donors (Lipinski definition) is 0. The number of benzene rings is 2. The molecule has 0 aliphatic carbocycles. The number of carbonyl (C=O) groups excluding carboxylic acids is 1. The Bertz CT molecular complexity index is 1060. The topological polar surface area (TPSA) is 76.2 Å². The predicted octanol–water partition coefficient (Wildman–Crippen LogP) is 3.47. The summed E-state index contributed by atoms with van der Waals surface area (Å²) in [6.07, 6.45) is 1.50. The van der Waals surface area contributed by atoms with Gasteiger partial charge in [0.25, 0.3) is 5.91 Å². The van der Waals surface area contributed by atoms with Crippen LogP contribution in [0.15, 0.2) is 53.4 Å². The first kappa shape index (κ1) is 22.8. The zero-order chi connectivity index (χ0) is 22.9. The SMILES string of the molecule is COc1cccc(C2CCCN2C(=O)c2ccc(S(=O)(=O)N3CC(C)OC(C)C3)cc2)c1. The Balaban J connectivity index is 1.52. The van der Waals surface area contributed by atoms with E-state index in [0.717, 1.165) is 24.2 Å². The van der Waals surface area contributed by atoms with E-state index in [-0.39, 0.29) is 29.1 Å². The number of hydrogen-bond acceptors (Lipinski definition) is 5. The first-order valence-electron chi connectivity index (χ1n) is 11.0. The molecule has 0 saturated carbocycles. The van der Waals surface area contributed by atoms with Gasteiger partial charge in [-0.3, -0.25) is 4.79 Å². The Morgan fingerprint density at radius 1 is 1.06 bits per heavy atom. The number of carbonyl (C=O) groups is 1. The summed E-state index contributed by atoms with van der Waals surface area (Å²) in [4.78, 5) is 15.3. The number of sulfonamides is 1. The summed E-state index contributed by atoms with van der Waals surface area (Å²) in [5.41, 5.74) is 1.53. The summed E-state index contributed by atoms with van der Waals surface area (Å²) >= 11 is 0. The second-order valence-electron chi connectivity index (χ2n) is 8.54. The molecular weight excluding hydrogens is 428 g/mol. The standard InChI is InChI=1S/C24H30N2O5S/c1-17-15-25(16-18(2)31-17)32(28,29)22-11-9-19(10-12-22)24(27)26-13-5-8-23(26)20-6-4-7-21(14-20)30-3/h4,6-7,9-12,14,17-18,23H,5,8,13,15-16H2,1-3H3. The fourth-order valence-corrected chi connectivity index (χ4v) is 6.21. The number of nitrogens with zero attached hydrogens (tertiary/aromatic N) is 2. The third-order valence-corrected chi connectivity index (χ3v) is 7.96. The van der Waals surface area contributed by atoms with E-state index in [0.29, 0.717) is 25.2 Å². The number of rotatable bonds is 5. The zero-order valence-electron chi connectivity index (χ0n) is 18.7. The molecule has 2 saturated heterocycles. The van der Waals surface area contributed by atoms with Crippen LogP contribution >= 0.6 is 0 Å². The van der Waals surface area contributed by atoms with Crippen molar-refractivity contribution in [2.75, 3.05) is 26.7 Å². The second-order valence-corrected chi connectivity index (χ2v) is 10.5. The van der Waals surface area contributed by atoms with Crippen LogP contribution in [0.4, 0.5) is 0 Å². The summed E-state index contributed by atoms with van der Waals surface area (Å²) < 4.78 is 38.6. The molecule has 0 spiro atoms. The molecule has 2 aliphatic heterocycles. The van der Waals surface area contributed by atoms with Gasteiger partial charge in [-0.15, -0.1) is 0 Å². The summed E-state index contributed by atoms with van der Waals surface area (Å²) in [5.74, 6) is 0.677. The van der Waals surface area contributed by atoms with E-state index in [1.165, 1.54) is 16.4 Å². The Labute approximate surface area is 190 Å². The Kier molecular flexibility index (Phi) is 6.55. The van der Waals surface area contributed by atoms with Crippen LogP contribution in [0.5, 0.6) is 5.75 Å². The molecule has 32 heavy (non-hydrogen) atoms. The smallest absolute Gasteiger partial charge is 0.254 e. The van der Waals surface area contributed by atoms with Crippen LogP contribution in [0.3, 0.4) is 0 Å². The van der Waals surface area contributed by atoms with E-state index in [9.17, 15) is 13.2 Å². The summed E-state index contributed by atoms with van der Waals surface area (Å²) in [6.45, 7) is 5.06. The van der Waals surface area contributed by atoms with Crippen LogP contribution < -0.4 is 4.74 Å². The average Bonchev–Trinajstić information content (AvgIpc) is 3.28. The van der Waals surface area contributed by atoms with Gasteiger partial charge < -0.3 is 14.4 Å². The lowest BCUT2D eigenvalue weighted by molar-refractivity contribution is -0.0440. The van der Waals surface area contributed by atoms with Crippen molar-refractivity contribution in [3.05, 3.63) is 59.7 Å². The van der Waals surface area contributed by atoms with Gasteiger partial charge in [0.1, 0.15) is 5.75 Å². The number of methoxy groups -OCH3 is 1. The maximum absolute atomic E-state index is 13.3.